The number of carbonyl (C=O) groups is 1. The number of benzene rings is 2. The fourth-order valence-corrected chi connectivity index (χ4v) is 3.31. The van der Waals surface area contributed by atoms with Crippen LogP contribution in [0.2, 0.25) is 0 Å². The molecule has 8 nitrogen and oxygen atoms in total. The van der Waals surface area contributed by atoms with Crippen LogP contribution in [0, 0.1) is 0 Å². The summed E-state index contributed by atoms with van der Waals surface area (Å²) >= 11 is 0. The number of carbonyl (C=O) groups excluding carboxylic acids is 1. The number of ether oxygens (including phenoxy) is 1. The van der Waals surface area contributed by atoms with Gasteiger partial charge in [0.15, 0.2) is 0 Å². The molecular weight excluding hydrogens is 396 g/mol. The van der Waals surface area contributed by atoms with Crippen LogP contribution in [0.5, 0.6) is 5.75 Å². The van der Waals surface area contributed by atoms with Crippen molar-refractivity contribution in [1.82, 2.24) is 20.3 Å². The number of rotatable bonds is 6. The molecule has 1 amide bonds. The molecule has 0 radical (unpaired) electrons. The number of nitrogens with one attached hydrogen (secondary N) is 3. The first-order valence-corrected chi connectivity index (χ1v) is 9.76. The Morgan fingerprint density at radius 1 is 1.03 bits per heavy atom. The lowest BCUT2D eigenvalue weighted by atomic mass is 9.98. The summed E-state index contributed by atoms with van der Waals surface area (Å²) < 4.78 is 5.50. The van der Waals surface area contributed by atoms with Gasteiger partial charge in [-0.3, -0.25) is 19.6 Å². The van der Waals surface area contributed by atoms with E-state index in [0.717, 1.165) is 16.9 Å². The Kier molecular flexibility index (Phi) is 5.61. The zero-order valence-corrected chi connectivity index (χ0v) is 16.7. The van der Waals surface area contributed by atoms with Gasteiger partial charge in [-0.15, -0.1) is 0 Å². The molecule has 8 heteroatoms. The fourth-order valence-electron chi connectivity index (χ4n) is 3.31. The highest BCUT2D eigenvalue weighted by molar-refractivity contribution is 5.97. The minimum absolute atomic E-state index is 0.122. The molecular formula is C23H20N4O4. The van der Waals surface area contributed by atoms with Crippen LogP contribution >= 0.6 is 0 Å². The van der Waals surface area contributed by atoms with Crippen molar-refractivity contribution in [3.05, 3.63) is 104 Å². The number of aromatic amines is 2. The van der Waals surface area contributed by atoms with Gasteiger partial charge in [0.05, 0.1) is 23.6 Å². The van der Waals surface area contributed by atoms with E-state index in [1.165, 1.54) is 12.3 Å². The van der Waals surface area contributed by atoms with Gasteiger partial charge < -0.3 is 10.1 Å². The molecule has 4 rings (SSSR count). The maximum absolute atomic E-state index is 13.0. The van der Waals surface area contributed by atoms with Crippen molar-refractivity contribution in [2.75, 3.05) is 6.61 Å². The molecule has 0 saturated heterocycles. The van der Waals surface area contributed by atoms with Crippen LogP contribution < -0.4 is 21.3 Å². The van der Waals surface area contributed by atoms with E-state index in [2.05, 4.69) is 20.3 Å². The summed E-state index contributed by atoms with van der Waals surface area (Å²) in [5.74, 6) is 0.346. The molecule has 0 fully saturated rings. The predicted molar refractivity (Wildman–Crippen MR) is 116 cm³/mol. The summed E-state index contributed by atoms with van der Waals surface area (Å²) in [5, 5.41) is 3.14. The van der Waals surface area contributed by atoms with Crippen LogP contribution in [0.25, 0.3) is 11.0 Å². The molecule has 2 heterocycles. The third-order valence-electron chi connectivity index (χ3n) is 4.79. The lowest BCUT2D eigenvalue weighted by Gasteiger charge is -2.20. The Balaban J connectivity index is 1.68. The lowest BCUT2D eigenvalue weighted by Crippen LogP contribution is -2.30. The van der Waals surface area contributed by atoms with Gasteiger partial charge in [-0.25, -0.2) is 9.78 Å². The molecule has 0 bridgehead atoms. The zero-order valence-electron chi connectivity index (χ0n) is 16.7. The predicted octanol–water partition coefficient (Wildman–Crippen LogP) is 2.53. The van der Waals surface area contributed by atoms with E-state index in [1.807, 2.05) is 61.5 Å². The van der Waals surface area contributed by atoms with Gasteiger partial charge >= 0.3 is 5.69 Å². The van der Waals surface area contributed by atoms with E-state index in [9.17, 15) is 14.4 Å². The molecule has 0 spiro atoms. The van der Waals surface area contributed by atoms with Crippen molar-refractivity contribution >= 4 is 16.9 Å². The van der Waals surface area contributed by atoms with Crippen LogP contribution in [0.4, 0.5) is 0 Å². The topological polar surface area (TPSA) is 117 Å². The molecule has 0 aliphatic carbocycles. The molecule has 0 aliphatic heterocycles. The third-order valence-corrected chi connectivity index (χ3v) is 4.79. The maximum atomic E-state index is 13.0. The van der Waals surface area contributed by atoms with Crippen molar-refractivity contribution in [3.63, 3.8) is 0 Å². The van der Waals surface area contributed by atoms with Crippen molar-refractivity contribution in [2.24, 2.45) is 0 Å². The van der Waals surface area contributed by atoms with Gasteiger partial charge in [0, 0.05) is 6.20 Å². The number of fused-ring (bicyclic) bond motifs is 1. The summed E-state index contributed by atoms with van der Waals surface area (Å²) in [6.07, 6.45) is 1.33. The highest BCUT2D eigenvalue weighted by Gasteiger charge is 2.19. The fraction of sp³-hybridized carbons (Fsp3) is 0.130. The number of nitrogens with zero attached hydrogens (tertiary/aromatic N) is 1. The molecule has 0 aliphatic rings. The van der Waals surface area contributed by atoms with E-state index in [1.54, 1.807) is 0 Å². The van der Waals surface area contributed by atoms with Crippen LogP contribution in [-0.4, -0.2) is 27.5 Å². The monoisotopic (exact) mass is 416 g/mol. The van der Waals surface area contributed by atoms with E-state index in [4.69, 9.17) is 4.74 Å². The molecule has 1 atom stereocenters. The molecule has 4 aromatic rings. The summed E-state index contributed by atoms with van der Waals surface area (Å²) in [5.41, 5.74) is 0.845. The summed E-state index contributed by atoms with van der Waals surface area (Å²) in [7, 11) is 0. The van der Waals surface area contributed by atoms with Gasteiger partial charge in [-0.1, -0.05) is 42.5 Å². The van der Waals surface area contributed by atoms with Crippen molar-refractivity contribution in [1.29, 1.82) is 0 Å². The second-order valence-corrected chi connectivity index (χ2v) is 6.85. The molecule has 3 N–H and O–H groups in total. The van der Waals surface area contributed by atoms with E-state index < -0.39 is 23.2 Å². The van der Waals surface area contributed by atoms with Crippen molar-refractivity contribution in [2.45, 2.75) is 13.0 Å². The Morgan fingerprint density at radius 2 is 1.74 bits per heavy atom. The molecule has 156 valence electrons. The average molecular weight is 416 g/mol. The lowest BCUT2D eigenvalue weighted by molar-refractivity contribution is 0.0943. The summed E-state index contributed by atoms with van der Waals surface area (Å²) in [6.45, 7) is 2.48. The molecule has 2 aromatic heterocycles. The first-order valence-electron chi connectivity index (χ1n) is 9.76. The van der Waals surface area contributed by atoms with Crippen molar-refractivity contribution < 1.29 is 9.53 Å². The van der Waals surface area contributed by atoms with Crippen LogP contribution in [0.15, 0.2) is 76.4 Å². The Hall–Kier alpha value is -4.20. The first-order chi connectivity index (χ1) is 15.0. The third kappa shape index (κ3) is 4.37. The average Bonchev–Trinajstić information content (AvgIpc) is 2.78. The van der Waals surface area contributed by atoms with E-state index in [0.29, 0.717) is 6.61 Å². The smallest absolute Gasteiger partial charge is 0.327 e. The van der Waals surface area contributed by atoms with Gasteiger partial charge in [0.25, 0.3) is 11.5 Å². The minimum Gasteiger partial charge on any atom is -0.494 e. The zero-order chi connectivity index (χ0) is 21.8. The Bertz CT molecular complexity index is 1330. The van der Waals surface area contributed by atoms with Crippen molar-refractivity contribution in [3.8, 4) is 5.75 Å². The molecule has 1 unspecified atom stereocenters. The number of hydrogen-bond donors (Lipinski definition) is 3. The maximum Gasteiger partial charge on any atom is 0.327 e. The Morgan fingerprint density at radius 3 is 2.45 bits per heavy atom. The number of pyridine rings is 1. The highest BCUT2D eigenvalue weighted by atomic mass is 16.5. The number of amides is 1. The summed E-state index contributed by atoms with van der Waals surface area (Å²) in [4.78, 5) is 45.1. The van der Waals surface area contributed by atoms with Crippen LogP contribution in [-0.2, 0) is 0 Å². The normalized spacial score (nSPS) is 11.8. The first kappa shape index (κ1) is 20.1. The quantitative estimate of drug-likeness (QED) is 0.447. The SMILES string of the molecule is CCOc1ccc(C(NC(=O)c2cnc3[nH]c(=O)[nH]c(=O)c3c2)c2ccccc2)cc1. The standard InChI is InChI=1S/C23H20N4O4/c1-2-31-17-10-8-15(9-11-17)19(14-6-4-3-5-7-14)25-21(28)16-12-18-20(24-13-16)26-23(30)27-22(18)29/h3-13,19H,2H2,1H3,(H,25,28)(H2,24,26,27,29,30). The Labute approximate surface area is 176 Å². The largest absolute Gasteiger partial charge is 0.494 e. The number of hydrogen-bond acceptors (Lipinski definition) is 5. The molecule has 0 saturated carbocycles. The highest BCUT2D eigenvalue weighted by Crippen LogP contribution is 2.25. The number of aromatic nitrogens is 3. The minimum atomic E-state index is -0.651. The molecule has 31 heavy (non-hydrogen) atoms. The van der Waals surface area contributed by atoms with Gasteiger partial charge in [-0.2, -0.15) is 0 Å². The summed E-state index contributed by atoms with van der Waals surface area (Å²) in [6, 6.07) is 18.1. The van der Waals surface area contributed by atoms with Gasteiger partial charge in [0.1, 0.15) is 11.4 Å². The number of H-pyrrole nitrogens is 2. The molecule has 2 aromatic carbocycles. The van der Waals surface area contributed by atoms with Gasteiger partial charge in [0.2, 0.25) is 0 Å². The van der Waals surface area contributed by atoms with E-state index >= 15 is 0 Å². The van der Waals surface area contributed by atoms with Crippen LogP contribution in [0.1, 0.15) is 34.5 Å². The van der Waals surface area contributed by atoms with Gasteiger partial charge in [-0.05, 0) is 36.2 Å². The second-order valence-electron chi connectivity index (χ2n) is 6.85. The second kappa shape index (κ2) is 8.66. The van der Waals surface area contributed by atoms with E-state index in [-0.39, 0.29) is 16.6 Å². The van der Waals surface area contributed by atoms with Crippen LogP contribution in [0.3, 0.4) is 0 Å².